The van der Waals surface area contributed by atoms with Crippen molar-refractivity contribution in [3.05, 3.63) is 76.4 Å². The fourth-order valence-electron chi connectivity index (χ4n) is 6.97. The third-order valence-corrected chi connectivity index (χ3v) is 9.55. The topological polar surface area (TPSA) is 89.3 Å². The van der Waals surface area contributed by atoms with Crippen molar-refractivity contribution in [1.82, 2.24) is 20.1 Å². The third-order valence-electron chi connectivity index (χ3n) is 9.55. The molecule has 3 aliphatic rings. The molecule has 6 rings (SSSR count). The van der Waals surface area contributed by atoms with Crippen LogP contribution in [0.1, 0.15) is 90.1 Å². The van der Waals surface area contributed by atoms with Crippen LogP contribution in [0.4, 0.5) is 27.6 Å². The summed E-state index contributed by atoms with van der Waals surface area (Å²) in [4.78, 5) is 26.5. The van der Waals surface area contributed by atoms with Gasteiger partial charge in [0.1, 0.15) is 12.2 Å². The number of nitrogens with one attached hydrogen (secondary N) is 1. The predicted molar refractivity (Wildman–Crippen MR) is 149 cm³/mol. The van der Waals surface area contributed by atoms with Gasteiger partial charge in [-0.3, -0.25) is 14.5 Å². The number of carbonyl (C=O) groups excluding carboxylic acids is 2. The van der Waals surface area contributed by atoms with E-state index in [1.54, 1.807) is 23.7 Å². The van der Waals surface area contributed by atoms with Gasteiger partial charge in [0.25, 0.3) is 12.4 Å². The Morgan fingerprint density at radius 3 is 2.48 bits per heavy atom. The van der Waals surface area contributed by atoms with Crippen molar-refractivity contribution in [2.24, 2.45) is 7.05 Å². The maximum Gasteiger partial charge on any atom is 0.416 e. The fourth-order valence-corrected chi connectivity index (χ4v) is 6.97. The molecule has 1 aromatic heterocycles. The van der Waals surface area contributed by atoms with Crippen molar-refractivity contribution in [3.63, 3.8) is 0 Å². The van der Waals surface area contributed by atoms with Gasteiger partial charge in [-0.15, -0.1) is 10.2 Å². The first-order valence-corrected chi connectivity index (χ1v) is 14.5. The Morgan fingerprint density at radius 1 is 1.16 bits per heavy atom. The van der Waals surface area contributed by atoms with Crippen LogP contribution in [0.5, 0.6) is 0 Å². The van der Waals surface area contributed by atoms with Crippen molar-refractivity contribution < 1.29 is 36.3 Å². The first-order valence-electron chi connectivity index (χ1n) is 14.5. The highest BCUT2D eigenvalue weighted by atomic mass is 19.4. The van der Waals surface area contributed by atoms with Crippen LogP contribution in [0, 0.1) is 0 Å². The van der Waals surface area contributed by atoms with Crippen LogP contribution in [-0.4, -0.2) is 38.6 Å². The van der Waals surface area contributed by atoms with Gasteiger partial charge >= 0.3 is 6.18 Å². The van der Waals surface area contributed by atoms with Crippen molar-refractivity contribution in [1.29, 1.82) is 0 Å². The van der Waals surface area contributed by atoms with Crippen LogP contribution in [0.15, 0.2) is 42.7 Å². The first-order chi connectivity index (χ1) is 20.8. The molecule has 13 heteroatoms. The summed E-state index contributed by atoms with van der Waals surface area (Å²) in [5.74, 6) is -3.22. The van der Waals surface area contributed by atoms with Crippen molar-refractivity contribution in [2.75, 3.05) is 4.90 Å². The number of halogens is 5. The Balaban J connectivity index is 1.39. The molecule has 1 unspecified atom stereocenters. The molecular formula is C31H32F5N5O3. The lowest BCUT2D eigenvalue weighted by atomic mass is 9.60. The molecule has 0 radical (unpaired) electrons. The van der Waals surface area contributed by atoms with E-state index in [-0.39, 0.29) is 41.8 Å². The maximum absolute atomic E-state index is 14.5. The van der Waals surface area contributed by atoms with E-state index in [0.29, 0.717) is 11.4 Å². The normalized spacial score (nSPS) is 21.4. The number of aromatic nitrogens is 3. The molecule has 0 spiro atoms. The second kappa shape index (κ2) is 10.6. The predicted octanol–water partition coefficient (Wildman–Crippen LogP) is 6.00. The van der Waals surface area contributed by atoms with Gasteiger partial charge in [-0.05, 0) is 61.1 Å². The number of benzene rings is 2. The van der Waals surface area contributed by atoms with Crippen LogP contribution in [0.3, 0.4) is 0 Å². The number of alkyl halides is 5. The second-order valence-corrected chi connectivity index (χ2v) is 12.3. The Labute approximate surface area is 250 Å². The summed E-state index contributed by atoms with van der Waals surface area (Å²) >= 11 is 0. The van der Waals surface area contributed by atoms with Gasteiger partial charge in [0, 0.05) is 60.6 Å². The molecule has 1 amide bonds. The Hall–Kier alpha value is -3.87. The lowest BCUT2D eigenvalue weighted by molar-refractivity contribution is -0.142. The number of hydrogen-bond donors (Lipinski definition) is 1. The molecule has 0 bridgehead atoms. The molecule has 1 atom stereocenters. The van der Waals surface area contributed by atoms with E-state index in [0.717, 1.165) is 36.6 Å². The lowest BCUT2D eigenvalue weighted by Crippen LogP contribution is -2.51. The lowest BCUT2D eigenvalue weighted by Gasteiger charge is -2.48. The van der Waals surface area contributed by atoms with E-state index in [9.17, 15) is 31.5 Å². The van der Waals surface area contributed by atoms with Gasteiger partial charge in [0.2, 0.25) is 12.2 Å². The number of amides is 1. The van der Waals surface area contributed by atoms with Gasteiger partial charge in [-0.25, -0.2) is 8.78 Å². The zero-order valence-electron chi connectivity index (χ0n) is 24.3. The Kier molecular flexibility index (Phi) is 7.29. The number of nitrogens with zero attached hydrogens (tertiary/aromatic N) is 4. The number of aryl methyl sites for hydroxylation is 1. The smallest absolute Gasteiger partial charge is 0.416 e. The number of fused-ring (bicyclic) bond motifs is 1. The molecule has 1 N–H and O–H groups in total. The summed E-state index contributed by atoms with van der Waals surface area (Å²) in [7, 11) is 1.70. The van der Waals surface area contributed by atoms with Gasteiger partial charge < -0.3 is 14.6 Å². The van der Waals surface area contributed by atoms with Crippen LogP contribution in [-0.2, 0) is 41.1 Å². The van der Waals surface area contributed by atoms with E-state index >= 15 is 0 Å². The molecule has 2 fully saturated rings. The molecule has 0 saturated heterocycles. The monoisotopic (exact) mass is 617 g/mol. The number of ether oxygens (including phenoxy) is 1. The molecule has 44 heavy (non-hydrogen) atoms. The van der Waals surface area contributed by atoms with E-state index in [1.807, 2.05) is 6.92 Å². The minimum absolute atomic E-state index is 0.00314. The Morgan fingerprint density at radius 2 is 1.91 bits per heavy atom. The summed E-state index contributed by atoms with van der Waals surface area (Å²) in [5, 5.41) is 11.3. The highest BCUT2D eigenvalue weighted by Crippen LogP contribution is 2.56. The number of hydrogen-bond acceptors (Lipinski definition) is 6. The fraction of sp³-hybridized carbons (Fsp3) is 0.484. The van der Waals surface area contributed by atoms with Crippen LogP contribution >= 0.6 is 0 Å². The van der Waals surface area contributed by atoms with Crippen molar-refractivity contribution in [3.8, 4) is 0 Å². The first kappa shape index (κ1) is 30.2. The van der Waals surface area contributed by atoms with Gasteiger partial charge in [0.15, 0.2) is 0 Å². The average Bonchev–Trinajstić information content (AvgIpc) is 3.46. The summed E-state index contributed by atoms with van der Waals surface area (Å²) in [6.07, 6.45) is -2.20. The Bertz CT molecular complexity index is 1590. The molecule has 2 saturated carbocycles. The van der Waals surface area contributed by atoms with Crippen molar-refractivity contribution >= 4 is 18.1 Å². The minimum Gasteiger partial charge on any atom is -0.439 e. The van der Waals surface area contributed by atoms with E-state index in [1.165, 1.54) is 24.5 Å². The molecule has 1 aliphatic heterocycles. The number of anilines is 1. The SMILES string of the molecule is CCC1(NCc2cc3c(c(C(F)(F)F)c2)C(OC=O)N(c2cccc(C4(Cc5nncn5C)CC(F)(F)C4)c2)C3=O)CCC1. The second-order valence-electron chi connectivity index (χ2n) is 12.3. The standard InChI is InChI=1S/C31H32F5N5O3/c1-3-29(8-5-9-29)37-14-19-10-22-25(23(11-19)31(34,35)36)27(44-18-42)41(26(22)43)21-7-4-6-20(12-21)28(15-30(32,33)16-28)13-24-39-38-17-40(24)2/h4,6-7,10-12,17-18,27,37H,3,5,8-9,13-16H2,1-2H3. The van der Waals surface area contributed by atoms with E-state index in [2.05, 4.69) is 15.5 Å². The molecule has 3 aromatic rings. The quantitative estimate of drug-likeness (QED) is 0.222. The summed E-state index contributed by atoms with van der Waals surface area (Å²) in [5.41, 5.74) is -2.08. The third kappa shape index (κ3) is 5.14. The number of rotatable bonds is 10. The zero-order chi connectivity index (χ0) is 31.5. The molecular weight excluding hydrogens is 585 g/mol. The highest BCUT2D eigenvalue weighted by molar-refractivity contribution is 6.11. The van der Waals surface area contributed by atoms with Crippen LogP contribution in [0.2, 0.25) is 0 Å². The average molecular weight is 618 g/mol. The number of carbonyl (C=O) groups is 2. The minimum atomic E-state index is -4.85. The summed E-state index contributed by atoms with van der Waals surface area (Å²) < 4.78 is 79.0. The molecule has 234 valence electrons. The van der Waals surface area contributed by atoms with Gasteiger partial charge in [0.05, 0.1) is 5.56 Å². The maximum atomic E-state index is 14.5. The highest BCUT2D eigenvalue weighted by Gasteiger charge is 2.58. The van der Waals surface area contributed by atoms with E-state index < -0.39 is 53.6 Å². The van der Waals surface area contributed by atoms with Crippen molar-refractivity contribution in [2.45, 2.75) is 87.7 Å². The van der Waals surface area contributed by atoms with Gasteiger partial charge in [-0.2, -0.15) is 13.2 Å². The zero-order valence-corrected chi connectivity index (χ0v) is 24.3. The largest absolute Gasteiger partial charge is 0.439 e. The summed E-state index contributed by atoms with van der Waals surface area (Å²) in [6, 6.07) is 8.60. The summed E-state index contributed by atoms with van der Waals surface area (Å²) in [6.45, 7) is 2.16. The van der Waals surface area contributed by atoms with E-state index in [4.69, 9.17) is 4.74 Å². The molecule has 2 aromatic carbocycles. The molecule has 8 nitrogen and oxygen atoms in total. The van der Waals surface area contributed by atoms with Gasteiger partial charge in [-0.1, -0.05) is 19.1 Å². The van der Waals surface area contributed by atoms with Crippen LogP contribution < -0.4 is 10.2 Å². The molecule has 2 heterocycles. The van der Waals surface area contributed by atoms with Crippen LogP contribution in [0.25, 0.3) is 0 Å². The molecule has 2 aliphatic carbocycles.